The lowest BCUT2D eigenvalue weighted by atomic mass is 9.70. The largest absolute Gasteiger partial charge is 0.477 e. The van der Waals surface area contributed by atoms with E-state index >= 15 is 9.59 Å². The number of carbonyl (C=O) groups is 7. The number of β-lactam (4-membered cyclic amide) rings is 1. The molecule has 4 N–H and O–H groups in total. The fourth-order valence-electron chi connectivity index (χ4n) is 12.1. The summed E-state index contributed by atoms with van der Waals surface area (Å²) in [5.74, 6) is -7.22. The second kappa shape index (κ2) is 30.2. The summed E-state index contributed by atoms with van der Waals surface area (Å²) in [6, 6.07) is 69.2. The molecule has 5 heterocycles. The van der Waals surface area contributed by atoms with Gasteiger partial charge >= 0.3 is 29.8 Å². The molecule has 0 aliphatic carbocycles. The third-order valence-corrected chi connectivity index (χ3v) is 20.1. The first-order chi connectivity index (χ1) is 49.5. The average Bonchev–Trinajstić information content (AvgIpc) is 0.944. The molecule has 1 saturated heterocycles. The fraction of sp³-hybridized carbons (Fsp3) is 0.143. The highest BCUT2D eigenvalue weighted by molar-refractivity contribution is 8.01. The number of rotatable bonds is 24. The molecule has 2 aliphatic heterocycles. The molecule has 3 atom stereocenters. The Morgan fingerprint density at radius 1 is 0.647 bits per heavy atom. The topological polar surface area (TPSA) is 295 Å². The number of aliphatic carboxylic acids is 1. The van der Waals surface area contributed by atoms with Gasteiger partial charge < -0.3 is 39.9 Å². The minimum atomic E-state index is -1.93. The van der Waals surface area contributed by atoms with Gasteiger partial charge in [-0.25, -0.2) is 24.4 Å². The van der Waals surface area contributed by atoms with Gasteiger partial charge in [0.05, 0.1) is 5.41 Å². The number of aromatic nitrogens is 5. The summed E-state index contributed by atoms with van der Waals surface area (Å²) >= 11 is 3.44. The van der Waals surface area contributed by atoms with Crippen molar-refractivity contribution in [2.45, 2.75) is 60.9 Å². The Morgan fingerprint density at radius 3 is 1.66 bits per heavy atom. The van der Waals surface area contributed by atoms with E-state index in [1.807, 2.05) is 152 Å². The number of hydrogen-bond acceptors (Lipinski definition) is 21. The third-order valence-electron chi connectivity index (χ3n) is 16.7. The van der Waals surface area contributed by atoms with Crippen LogP contribution in [0.3, 0.4) is 0 Å². The Morgan fingerprint density at radius 2 is 1.15 bits per heavy atom. The summed E-state index contributed by atoms with van der Waals surface area (Å²) in [5, 5.41) is 22.6. The van der Waals surface area contributed by atoms with E-state index in [0.717, 1.165) is 57.9 Å². The number of nitrogens with two attached hydrogens (primary N) is 1. The van der Waals surface area contributed by atoms with Crippen LogP contribution >= 0.6 is 34.9 Å². The van der Waals surface area contributed by atoms with Crippen LogP contribution in [0.1, 0.15) is 104 Å². The predicted molar refractivity (Wildman–Crippen MR) is 381 cm³/mol. The van der Waals surface area contributed by atoms with Crippen LogP contribution in [0.5, 0.6) is 11.5 Å². The van der Waals surface area contributed by atoms with Gasteiger partial charge in [0.2, 0.25) is 6.10 Å². The van der Waals surface area contributed by atoms with Crippen molar-refractivity contribution in [1.29, 1.82) is 0 Å². The van der Waals surface area contributed by atoms with Crippen LogP contribution < -0.4 is 20.5 Å². The molecule has 3 aromatic heterocycles. The molecule has 2 aliphatic rings. The molecule has 510 valence electrons. The molecule has 0 saturated carbocycles. The smallest absolute Gasteiger partial charge is 0.379 e. The van der Waals surface area contributed by atoms with Crippen LogP contribution in [-0.4, -0.2) is 105 Å². The number of carbonyl (C=O) groups excluding carboxylic acids is 6. The summed E-state index contributed by atoms with van der Waals surface area (Å²) in [6.07, 6.45) is -3.76. The van der Waals surface area contributed by atoms with Gasteiger partial charge in [-0.2, -0.15) is 9.50 Å². The van der Waals surface area contributed by atoms with Crippen LogP contribution in [0.4, 0.5) is 5.00 Å². The molecule has 0 radical (unpaired) electrons. The number of thioether (sulfide) groups is 2. The monoisotopic (exact) mass is 1420 g/mol. The number of amides is 2. The number of nitrogens with zero attached hydrogens (tertiary/aromatic N) is 7. The van der Waals surface area contributed by atoms with Crippen molar-refractivity contribution < 1.29 is 62.5 Å². The maximum Gasteiger partial charge on any atom is 0.379 e. The summed E-state index contributed by atoms with van der Waals surface area (Å²) in [6.45, 7) is 4.02. The number of nitrogen functional groups attached to an aromatic ring is 1. The number of hydrogen-bond donors (Lipinski definition) is 3. The van der Waals surface area contributed by atoms with Gasteiger partial charge in [-0.05, 0) is 69.6 Å². The Bertz CT molecular complexity index is 4860. The van der Waals surface area contributed by atoms with E-state index in [1.165, 1.54) is 46.2 Å². The van der Waals surface area contributed by atoms with Crippen LogP contribution in [0, 0.1) is 6.92 Å². The molecular formula is C77H61N9O13S3. The van der Waals surface area contributed by atoms with Crippen molar-refractivity contribution in [2.24, 2.45) is 5.16 Å². The normalized spacial score (nSPS) is 14.7. The number of anilines is 1. The number of carboxylic acid groups (broad SMARTS) is 1. The maximum absolute atomic E-state index is 15.7. The van der Waals surface area contributed by atoms with Gasteiger partial charge in [0.15, 0.2) is 29.4 Å². The van der Waals surface area contributed by atoms with Gasteiger partial charge in [0.25, 0.3) is 23.4 Å². The van der Waals surface area contributed by atoms with Crippen molar-refractivity contribution in [3.63, 3.8) is 0 Å². The summed E-state index contributed by atoms with van der Waals surface area (Å²) in [5.41, 5.74) is 10.5. The van der Waals surface area contributed by atoms with E-state index in [-0.39, 0.29) is 56.6 Å². The van der Waals surface area contributed by atoms with Crippen molar-refractivity contribution in [3.05, 3.63) is 315 Å². The third kappa shape index (κ3) is 14.3. The molecule has 1 unspecified atom stereocenters. The zero-order valence-corrected chi connectivity index (χ0v) is 57.0. The lowest BCUT2D eigenvalue weighted by Crippen LogP contribution is -2.71. The molecule has 13 rings (SSSR count). The summed E-state index contributed by atoms with van der Waals surface area (Å²) in [7, 11) is 0. The lowest BCUT2D eigenvalue weighted by molar-refractivity contribution is -0.162. The van der Waals surface area contributed by atoms with Gasteiger partial charge in [-0.15, -0.1) is 28.6 Å². The number of esters is 4. The highest BCUT2D eigenvalue weighted by Crippen LogP contribution is 2.49. The number of aryl methyl sites for hydroxylation is 1. The first-order valence-electron chi connectivity index (χ1n) is 31.9. The predicted octanol–water partition coefficient (Wildman–Crippen LogP) is 12.0. The standard InChI is InChI=1S/C77H61N9O13S3/c1-45-41-59(86-76(79-45)82-68(83-86)74(94)98-65(50-29-15-6-16-30-50)51-31-17-7-18-32-51)100-43-53-44-101-71-62(70(90)85(71)63(53)72(91)92)80-69(89)61(60-67(78)102-75(81-60)77(54-33-19-8-20-34-54,55-35-21-9-22-36-55)56-37-23-10-24-38-56)84-99-66(52-39-40-57(95-46(2)87)58(42-52)96-47(3)88)73(93)97-64(48-25-11-4-12-26-48)49-27-13-5-14-28-49/h4-42,62,64-66,71H,43-44,78H2,1-3H3,(H,80,89)(H,91,92)/b84-61-/t62-,66?,71-/m1/s1. The SMILES string of the molecule is CC(=O)Oc1ccc(C(O/N=C(\C(=O)N[C@@H]2C(=O)N3C(C(=O)O)=C(CSc4cc(C)nc5nc(C(=O)OC(c6ccccc6)c6ccccc6)nn45)CS[C@H]23)c2nc(C(c3ccccc3)(c3ccccc3)c3ccccc3)sc2N)C(=O)OC(c2ccccc2)c2ccccc2)cc1OC(C)=O. The second-order valence-corrected chi connectivity index (χ2v) is 26.6. The molecular weight excluding hydrogens is 1360 g/mol. The Balaban J connectivity index is 0.857. The number of fused-ring (bicyclic) bond motifs is 2. The Hall–Kier alpha value is -12.1. The van der Waals surface area contributed by atoms with Crippen LogP contribution in [0.2, 0.25) is 0 Å². The molecule has 22 nitrogen and oxygen atoms in total. The number of oxime groups is 1. The van der Waals surface area contributed by atoms with Gasteiger partial charge in [-0.3, -0.25) is 24.1 Å². The minimum Gasteiger partial charge on any atom is -0.477 e. The molecule has 25 heteroatoms. The molecule has 0 spiro atoms. The van der Waals surface area contributed by atoms with E-state index in [0.29, 0.717) is 32.4 Å². The summed E-state index contributed by atoms with van der Waals surface area (Å²) in [4.78, 5) is 120. The van der Waals surface area contributed by atoms with Crippen LogP contribution in [0.15, 0.2) is 258 Å². The lowest BCUT2D eigenvalue weighted by Gasteiger charge is -2.49. The quantitative estimate of drug-likeness (QED) is 0.00740. The maximum atomic E-state index is 15.7. The van der Waals surface area contributed by atoms with Crippen LogP contribution in [0.25, 0.3) is 5.78 Å². The molecule has 11 aromatic rings. The fourth-order valence-corrected chi connectivity index (χ4v) is 15.7. The number of thiazole rings is 1. The van der Waals surface area contributed by atoms with Gasteiger partial charge in [-0.1, -0.05) is 235 Å². The first-order valence-corrected chi connectivity index (χ1v) is 34.8. The number of benzene rings is 8. The average molecular weight is 1420 g/mol. The van der Waals surface area contributed by atoms with Gasteiger partial charge in [0.1, 0.15) is 37.8 Å². The first kappa shape index (κ1) is 68.5. The Kier molecular flexibility index (Phi) is 20.3. The zero-order valence-electron chi connectivity index (χ0n) is 54.6. The highest BCUT2D eigenvalue weighted by atomic mass is 32.2. The molecule has 1 fully saturated rings. The number of carboxylic acids is 1. The summed E-state index contributed by atoms with van der Waals surface area (Å²) < 4.78 is 24.7. The number of nitrogens with one attached hydrogen (secondary N) is 1. The van der Waals surface area contributed by atoms with E-state index in [2.05, 4.69) is 25.5 Å². The van der Waals surface area contributed by atoms with E-state index in [9.17, 15) is 29.1 Å². The van der Waals surface area contributed by atoms with E-state index in [1.54, 1.807) is 73.7 Å². The van der Waals surface area contributed by atoms with Gasteiger partial charge in [0, 0.05) is 36.6 Å². The van der Waals surface area contributed by atoms with Crippen molar-refractivity contribution in [2.75, 3.05) is 17.2 Å². The van der Waals surface area contributed by atoms with Crippen LogP contribution in [-0.2, 0) is 48.5 Å². The second-order valence-electron chi connectivity index (χ2n) is 23.4. The molecule has 2 amide bonds. The molecule has 8 aromatic carbocycles. The van der Waals surface area contributed by atoms with Crippen molar-refractivity contribution in [3.8, 4) is 11.5 Å². The van der Waals surface area contributed by atoms with E-state index in [4.69, 9.17) is 34.5 Å². The minimum absolute atomic E-state index is 0.0242. The zero-order chi connectivity index (χ0) is 71.0. The van der Waals surface area contributed by atoms with Crippen molar-refractivity contribution in [1.82, 2.24) is 34.8 Å². The molecule has 0 bridgehead atoms. The van der Waals surface area contributed by atoms with E-state index < -0.39 is 82.5 Å². The molecule has 102 heavy (non-hydrogen) atoms. The number of ether oxygens (including phenoxy) is 4. The Labute approximate surface area is 596 Å². The van der Waals surface area contributed by atoms with Crippen molar-refractivity contribution >= 4 is 93.0 Å². The highest BCUT2D eigenvalue weighted by Gasteiger charge is 2.55.